The molecule has 1 aromatic carbocycles. The fourth-order valence-electron chi connectivity index (χ4n) is 4.21. The number of benzene rings is 1. The van der Waals surface area contributed by atoms with Crippen molar-refractivity contribution in [3.63, 3.8) is 0 Å². The Labute approximate surface area is 127 Å². The van der Waals surface area contributed by atoms with Crippen LogP contribution in [0, 0.1) is 11.8 Å². The van der Waals surface area contributed by atoms with Crippen LogP contribution in [0.25, 0.3) is 0 Å². The maximum absolute atomic E-state index is 11.7. The number of aliphatic carboxylic acids is 1. The minimum absolute atomic E-state index is 0.186. The molecule has 2 aliphatic carbocycles. The van der Waals surface area contributed by atoms with Crippen molar-refractivity contribution >= 4 is 5.97 Å². The monoisotopic (exact) mass is 286 g/mol. The molecule has 0 bridgehead atoms. The van der Waals surface area contributed by atoms with Crippen molar-refractivity contribution in [3.8, 4) is 0 Å². The third-order valence-corrected chi connectivity index (χ3v) is 5.79. The fraction of sp³-hybridized carbons (Fsp3) is 0.632. The van der Waals surface area contributed by atoms with E-state index in [2.05, 4.69) is 31.2 Å². The van der Waals surface area contributed by atoms with Gasteiger partial charge in [0.25, 0.3) is 0 Å². The Morgan fingerprint density at radius 2 is 1.86 bits per heavy atom. The van der Waals surface area contributed by atoms with E-state index in [1.165, 1.54) is 36.8 Å². The van der Waals surface area contributed by atoms with Crippen LogP contribution in [0.1, 0.15) is 74.8 Å². The SMILES string of the molecule is CCC1CCC(C(=O)O)C(c2ccccc2C2CCC2)C1. The van der Waals surface area contributed by atoms with Gasteiger partial charge in [0.2, 0.25) is 0 Å². The van der Waals surface area contributed by atoms with E-state index in [1.54, 1.807) is 0 Å². The van der Waals surface area contributed by atoms with Crippen LogP contribution in [0.3, 0.4) is 0 Å². The van der Waals surface area contributed by atoms with Gasteiger partial charge in [0, 0.05) is 0 Å². The molecule has 0 spiro atoms. The van der Waals surface area contributed by atoms with Crippen molar-refractivity contribution in [1.29, 1.82) is 0 Å². The van der Waals surface area contributed by atoms with Crippen molar-refractivity contribution in [2.24, 2.45) is 11.8 Å². The Hall–Kier alpha value is -1.31. The summed E-state index contributed by atoms with van der Waals surface area (Å²) in [6.45, 7) is 2.24. The molecule has 3 unspecified atom stereocenters. The molecule has 0 aromatic heterocycles. The lowest BCUT2D eigenvalue weighted by molar-refractivity contribution is -0.143. The standard InChI is InChI=1S/C19H26O2/c1-2-13-10-11-17(19(20)21)18(12-13)16-9-4-3-8-15(16)14-6-5-7-14/h3-4,8-9,13-14,17-18H,2,5-7,10-12H2,1H3,(H,20,21). The minimum atomic E-state index is -0.599. The molecule has 0 aliphatic heterocycles. The topological polar surface area (TPSA) is 37.3 Å². The van der Waals surface area contributed by atoms with E-state index in [0.717, 1.165) is 19.3 Å². The third-order valence-electron chi connectivity index (χ3n) is 5.79. The molecule has 0 amide bonds. The first-order valence-electron chi connectivity index (χ1n) is 8.52. The second kappa shape index (κ2) is 6.21. The van der Waals surface area contributed by atoms with Gasteiger partial charge in [-0.25, -0.2) is 0 Å². The molecule has 2 fully saturated rings. The van der Waals surface area contributed by atoms with Gasteiger partial charge in [-0.1, -0.05) is 44.0 Å². The van der Waals surface area contributed by atoms with E-state index < -0.39 is 5.97 Å². The highest BCUT2D eigenvalue weighted by Gasteiger charge is 2.37. The van der Waals surface area contributed by atoms with Crippen LogP contribution < -0.4 is 0 Å². The van der Waals surface area contributed by atoms with Crippen molar-refractivity contribution < 1.29 is 9.90 Å². The Kier molecular flexibility index (Phi) is 4.32. The Balaban J connectivity index is 1.93. The first kappa shape index (κ1) is 14.6. The number of hydrogen-bond donors (Lipinski definition) is 1. The van der Waals surface area contributed by atoms with Gasteiger partial charge in [0.05, 0.1) is 5.92 Å². The summed E-state index contributed by atoms with van der Waals surface area (Å²) in [5.41, 5.74) is 2.78. The van der Waals surface area contributed by atoms with Gasteiger partial charge in [-0.3, -0.25) is 4.79 Å². The molecule has 2 aliphatic rings. The van der Waals surface area contributed by atoms with E-state index in [4.69, 9.17) is 0 Å². The number of rotatable bonds is 4. The molecule has 21 heavy (non-hydrogen) atoms. The largest absolute Gasteiger partial charge is 0.481 e. The van der Waals surface area contributed by atoms with Gasteiger partial charge in [-0.2, -0.15) is 0 Å². The number of carboxylic acids is 1. The maximum atomic E-state index is 11.7. The predicted octanol–water partition coefficient (Wildman–Crippen LogP) is 4.95. The second-order valence-electron chi connectivity index (χ2n) is 6.90. The van der Waals surface area contributed by atoms with E-state index in [1.807, 2.05) is 0 Å². The lowest BCUT2D eigenvalue weighted by Crippen LogP contribution is -2.30. The molecule has 1 N–H and O–H groups in total. The van der Waals surface area contributed by atoms with Crippen LogP contribution in [-0.4, -0.2) is 11.1 Å². The van der Waals surface area contributed by atoms with Gasteiger partial charge in [0.15, 0.2) is 0 Å². The van der Waals surface area contributed by atoms with Crippen LogP contribution in [0.15, 0.2) is 24.3 Å². The van der Waals surface area contributed by atoms with E-state index >= 15 is 0 Å². The summed E-state index contributed by atoms with van der Waals surface area (Å²) >= 11 is 0. The molecule has 3 rings (SSSR count). The third kappa shape index (κ3) is 2.86. The van der Waals surface area contributed by atoms with Crippen molar-refractivity contribution in [3.05, 3.63) is 35.4 Å². The first-order chi connectivity index (χ1) is 10.2. The van der Waals surface area contributed by atoms with Gasteiger partial charge < -0.3 is 5.11 Å². The van der Waals surface area contributed by atoms with Gasteiger partial charge in [0.1, 0.15) is 0 Å². The quantitative estimate of drug-likeness (QED) is 0.850. The zero-order valence-corrected chi connectivity index (χ0v) is 12.9. The molecular formula is C19H26O2. The molecule has 114 valence electrons. The first-order valence-corrected chi connectivity index (χ1v) is 8.52. The van der Waals surface area contributed by atoms with Gasteiger partial charge >= 0.3 is 5.97 Å². The van der Waals surface area contributed by atoms with Crippen LogP contribution in [0.4, 0.5) is 0 Å². The summed E-state index contributed by atoms with van der Waals surface area (Å²) in [5, 5.41) is 9.63. The molecule has 2 saturated carbocycles. The number of carbonyl (C=O) groups is 1. The molecule has 3 atom stereocenters. The van der Waals surface area contributed by atoms with Crippen LogP contribution in [0.5, 0.6) is 0 Å². The predicted molar refractivity (Wildman–Crippen MR) is 84.5 cm³/mol. The summed E-state index contributed by atoms with van der Waals surface area (Å²) in [4.78, 5) is 11.7. The molecule has 0 heterocycles. The van der Waals surface area contributed by atoms with Gasteiger partial charge in [-0.05, 0) is 61.0 Å². The van der Waals surface area contributed by atoms with Crippen LogP contribution >= 0.6 is 0 Å². The lowest BCUT2D eigenvalue weighted by atomic mass is 9.67. The summed E-state index contributed by atoms with van der Waals surface area (Å²) < 4.78 is 0. The summed E-state index contributed by atoms with van der Waals surface area (Å²) in [6, 6.07) is 8.65. The smallest absolute Gasteiger partial charge is 0.307 e. The number of carboxylic acid groups (broad SMARTS) is 1. The average Bonchev–Trinajstić information content (AvgIpc) is 2.45. The molecule has 0 radical (unpaired) electrons. The molecule has 0 saturated heterocycles. The summed E-state index contributed by atoms with van der Waals surface area (Å²) in [7, 11) is 0. The fourth-order valence-corrected chi connectivity index (χ4v) is 4.21. The highest BCUT2D eigenvalue weighted by atomic mass is 16.4. The number of hydrogen-bond acceptors (Lipinski definition) is 1. The van der Waals surface area contributed by atoms with E-state index in [0.29, 0.717) is 11.8 Å². The molecule has 2 nitrogen and oxygen atoms in total. The molecular weight excluding hydrogens is 260 g/mol. The Morgan fingerprint density at radius 1 is 1.14 bits per heavy atom. The van der Waals surface area contributed by atoms with Crippen molar-refractivity contribution in [2.75, 3.05) is 0 Å². The van der Waals surface area contributed by atoms with Crippen molar-refractivity contribution in [2.45, 2.75) is 63.7 Å². The van der Waals surface area contributed by atoms with Crippen LogP contribution in [-0.2, 0) is 4.79 Å². The maximum Gasteiger partial charge on any atom is 0.307 e. The molecule has 1 aromatic rings. The average molecular weight is 286 g/mol. The van der Waals surface area contributed by atoms with E-state index in [9.17, 15) is 9.90 Å². The van der Waals surface area contributed by atoms with E-state index in [-0.39, 0.29) is 11.8 Å². The summed E-state index contributed by atoms with van der Waals surface area (Å²) in [6.07, 6.45) is 8.03. The zero-order chi connectivity index (χ0) is 14.8. The highest BCUT2D eigenvalue weighted by molar-refractivity contribution is 5.71. The molecule has 2 heteroatoms. The van der Waals surface area contributed by atoms with Crippen molar-refractivity contribution in [1.82, 2.24) is 0 Å². The Bertz CT molecular complexity index is 504. The Morgan fingerprint density at radius 3 is 2.43 bits per heavy atom. The second-order valence-corrected chi connectivity index (χ2v) is 6.90. The van der Waals surface area contributed by atoms with Gasteiger partial charge in [-0.15, -0.1) is 0 Å². The lowest BCUT2D eigenvalue weighted by Gasteiger charge is -2.37. The normalized spacial score (nSPS) is 29.9. The van der Waals surface area contributed by atoms with Crippen LogP contribution in [0.2, 0.25) is 0 Å². The zero-order valence-electron chi connectivity index (χ0n) is 12.9. The minimum Gasteiger partial charge on any atom is -0.481 e. The summed E-state index contributed by atoms with van der Waals surface area (Å²) in [5.74, 6) is 0.808. The highest BCUT2D eigenvalue weighted by Crippen LogP contribution is 2.46.